The van der Waals surface area contributed by atoms with Gasteiger partial charge in [-0.3, -0.25) is 4.79 Å². The van der Waals surface area contributed by atoms with E-state index in [1.165, 1.54) is 0 Å². The molecule has 1 saturated heterocycles. The van der Waals surface area contributed by atoms with Crippen LogP contribution in [0, 0.1) is 0 Å². The molecule has 0 aromatic carbocycles. The molecule has 1 N–H and O–H groups in total. The molecule has 0 unspecified atom stereocenters. The van der Waals surface area contributed by atoms with Crippen LogP contribution >= 0.6 is 12.4 Å². The Bertz CT molecular complexity index is 265. The van der Waals surface area contributed by atoms with Gasteiger partial charge < -0.3 is 24.4 Å². The van der Waals surface area contributed by atoms with E-state index in [4.69, 9.17) is 14.2 Å². The molecule has 1 rings (SSSR count). The number of hydrogen-bond acceptors (Lipinski definition) is 5. The third kappa shape index (κ3) is 5.18. The summed E-state index contributed by atoms with van der Waals surface area (Å²) in [6.07, 6.45) is 1.41. The lowest BCUT2D eigenvalue weighted by molar-refractivity contribution is -0.159. The fourth-order valence-corrected chi connectivity index (χ4v) is 2.34. The van der Waals surface area contributed by atoms with Crippen LogP contribution in [0.2, 0.25) is 0 Å². The third-order valence-corrected chi connectivity index (χ3v) is 3.61. The SMILES string of the molecule is COCCN(CCOC)C(=O)C1(OC)CCNCC1.Cl. The molecule has 0 saturated carbocycles. The summed E-state index contributed by atoms with van der Waals surface area (Å²) in [5.41, 5.74) is -0.688. The van der Waals surface area contributed by atoms with Gasteiger partial charge in [0.15, 0.2) is 0 Å². The molecule has 1 amide bonds. The van der Waals surface area contributed by atoms with Gasteiger partial charge in [0.25, 0.3) is 5.91 Å². The Morgan fingerprint density at radius 2 is 1.60 bits per heavy atom. The van der Waals surface area contributed by atoms with Crippen molar-refractivity contribution >= 4 is 18.3 Å². The Balaban J connectivity index is 0.00000361. The highest BCUT2D eigenvalue weighted by molar-refractivity contribution is 5.85. The minimum Gasteiger partial charge on any atom is -0.383 e. The second-order valence-electron chi connectivity index (χ2n) is 4.73. The van der Waals surface area contributed by atoms with Crippen molar-refractivity contribution in [1.29, 1.82) is 0 Å². The van der Waals surface area contributed by atoms with E-state index in [0.29, 0.717) is 39.1 Å². The Labute approximate surface area is 127 Å². The molecule has 20 heavy (non-hydrogen) atoms. The fourth-order valence-electron chi connectivity index (χ4n) is 2.34. The van der Waals surface area contributed by atoms with E-state index < -0.39 is 5.60 Å². The molecule has 1 heterocycles. The van der Waals surface area contributed by atoms with Gasteiger partial charge >= 0.3 is 0 Å². The number of halogens is 1. The smallest absolute Gasteiger partial charge is 0.255 e. The van der Waals surface area contributed by atoms with Gasteiger partial charge in [-0.25, -0.2) is 0 Å². The Kier molecular flexibility index (Phi) is 10.1. The van der Waals surface area contributed by atoms with Crippen LogP contribution in [0.25, 0.3) is 0 Å². The first-order valence-electron chi connectivity index (χ1n) is 6.73. The lowest BCUT2D eigenvalue weighted by Gasteiger charge is -2.38. The zero-order valence-electron chi connectivity index (χ0n) is 12.6. The van der Waals surface area contributed by atoms with E-state index in [2.05, 4.69) is 5.32 Å². The molecule has 1 fully saturated rings. The molecule has 6 nitrogen and oxygen atoms in total. The summed E-state index contributed by atoms with van der Waals surface area (Å²) in [5, 5.41) is 3.25. The zero-order chi connectivity index (χ0) is 14.1. The van der Waals surface area contributed by atoms with E-state index in [1.807, 2.05) is 0 Å². The first-order valence-corrected chi connectivity index (χ1v) is 6.73. The highest BCUT2D eigenvalue weighted by Gasteiger charge is 2.42. The topological polar surface area (TPSA) is 60.0 Å². The van der Waals surface area contributed by atoms with Gasteiger partial charge in [0.1, 0.15) is 5.60 Å². The highest BCUT2D eigenvalue weighted by atomic mass is 35.5. The summed E-state index contributed by atoms with van der Waals surface area (Å²) in [5.74, 6) is 0.0469. The maximum Gasteiger partial charge on any atom is 0.255 e. The van der Waals surface area contributed by atoms with Crippen molar-refractivity contribution in [3.8, 4) is 0 Å². The summed E-state index contributed by atoms with van der Waals surface area (Å²) >= 11 is 0. The van der Waals surface area contributed by atoms with Crippen molar-refractivity contribution in [2.75, 3.05) is 60.7 Å². The normalized spacial score (nSPS) is 17.4. The zero-order valence-corrected chi connectivity index (χ0v) is 13.5. The van der Waals surface area contributed by atoms with Crippen LogP contribution in [0.1, 0.15) is 12.8 Å². The maximum atomic E-state index is 12.7. The van der Waals surface area contributed by atoms with E-state index in [0.717, 1.165) is 13.1 Å². The van der Waals surface area contributed by atoms with Gasteiger partial charge in [-0.2, -0.15) is 0 Å². The number of carbonyl (C=O) groups is 1. The summed E-state index contributed by atoms with van der Waals surface area (Å²) in [7, 11) is 4.89. The second-order valence-corrected chi connectivity index (χ2v) is 4.73. The van der Waals surface area contributed by atoms with Crippen molar-refractivity contribution in [2.45, 2.75) is 18.4 Å². The van der Waals surface area contributed by atoms with Crippen molar-refractivity contribution in [2.24, 2.45) is 0 Å². The van der Waals surface area contributed by atoms with Gasteiger partial charge in [0, 0.05) is 34.4 Å². The molecule has 120 valence electrons. The fraction of sp³-hybridized carbons (Fsp3) is 0.923. The number of nitrogens with zero attached hydrogens (tertiary/aromatic N) is 1. The minimum absolute atomic E-state index is 0. The van der Waals surface area contributed by atoms with E-state index >= 15 is 0 Å². The summed E-state index contributed by atoms with van der Waals surface area (Å²) < 4.78 is 15.7. The molecule has 0 radical (unpaired) electrons. The molecule has 1 aliphatic heterocycles. The van der Waals surface area contributed by atoms with Crippen LogP contribution in [0.5, 0.6) is 0 Å². The highest BCUT2D eigenvalue weighted by Crippen LogP contribution is 2.25. The van der Waals surface area contributed by atoms with E-state index in [-0.39, 0.29) is 18.3 Å². The number of methoxy groups -OCH3 is 3. The van der Waals surface area contributed by atoms with Crippen molar-refractivity contribution in [3.05, 3.63) is 0 Å². The molecule has 0 aromatic heterocycles. The molecule has 0 spiro atoms. The second kappa shape index (κ2) is 10.3. The van der Waals surface area contributed by atoms with E-state index in [1.54, 1.807) is 26.2 Å². The molecule has 1 aliphatic rings. The van der Waals surface area contributed by atoms with E-state index in [9.17, 15) is 4.79 Å². The van der Waals surface area contributed by atoms with Crippen molar-refractivity contribution in [1.82, 2.24) is 10.2 Å². The summed E-state index contributed by atoms with van der Waals surface area (Å²) in [6, 6.07) is 0. The van der Waals surface area contributed by atoms with Crippen molar-refractivity contribution in [3.63, 3.8) is 0 Å². The van der Waals surface area contributed by atoms with Gasteiger partial charge in [-0.1, -0.05) is 0 Å². The summed E-state index contributed by atoms with van der Waals surface area (Å²) in [4.78, 5) is 14.5. The van der Waals surface area contributed by atoms with Crippen LogP contribution < -0.4 is 5.32 Å². The number of nitrogens with one attached hydrogen (secondary N) is 1. The molecule has 0 aliphatic carbocycles. The predicted molar refractivity (Wildman–Crippen MR) is 79.4 cm³/mol. The molecular weight excluding hydrogens is 284 g/mol. The molecular formula is C13H27ClN2O4. The number of amides is 1. The third-order valence-electron chi connectivity index (χ3n) is 3.61. The number of ether oxygens (including phenoxy) is 3. The van der Waals surface area contributed by atoms with Gasteiger partial charge in [-0.05, 0) is 25.9 Å². The molecule has 0 bridgehead atoms. The Morgan fingerprint density at radius 3 is 2.00 bits per heavy atom. The first kappa shape index (κ1) is 19.6. The van der Waals surface area contributed by atoms with Crippen LogP contribution in [0.15, 0.2) is 0 Å². The number of rotatable bonds is 8. The largest absolute Gasteiger partial charge is 0.383 e. The Hall–Kier alpha value is -0.400. The number of piperidine rings is 1. The predicted octanol–water partition coefficient (Wildman–Crippen LogP) is 0.298. The van der Waals surface area contributed by atoms with Gasteiger partial charge in [0.05, 0.1) is 13.2 Å². The van der Waals surface area contributed by atoms with Gasteiger partial charge in [-0.15, -0.1) is 12.4 Å². The molecule has 0 atom stereocenters. The standard InChI is InChI=1S/C13H26N2O4.ClH/c1-17-10-8-15(9-11-18-2)12(16)13(19-3)4-6-14-7-5-13;/h14H,4-11H2,1-3H3;1H. The van der Waals surface area contributed by atoms with Crippen LogP contribution in [-0.2, 0) is 19.0 Å². The van der Waals surface area contributed by atoms with Crippen LogP contribution in [-0.4, -0.2) is 77.1 Å². The summed E-state index contributed by atoms with van der Waals surface area (Å²) in [6.45, 7) is 3.79. The molecule has 7 heteroatoms. The first-order chi connectivity index (χ1) is 9.20. The quantitative estimate of drug-likeness (QED) is 0.699. The van der Waals surface area contributed by atoms with Crippen molar-refractivity contribution < 1.29 is 19.0 Å². The van der Waals surface area contributed by atoms with Crippen LogP contribution in [0.4, 0.5) is 0 Å². The minimum atomic E-state index is -0.688. The lowest BCUT2D eigenvalue weighted by atomic mass is 9.90. The maximum absolute atomic E-state index is 12.7. The average molecular weight is 311 g/mol. The number of hydrogen-bond donors (Lipinski definition) is 1. The average Bonchev–Trinajstić information content (AvgIpc) is 2.47. The van der Waals surface area contributed by atoms with Crippen LogP contribution in [0.3, 0.4) is 0 Å². The lowest BCUT2D eigenvalue weighted by Crippen LogP contribution is -2.56. The monoisotopic (exact) mass is 310 g/mol. The van der Waals surface area contributed by atoms with Gasteiger partial charge in [0.2, 0.25) is 0 Å². The number of carbonyl (C=O) groups excluding carboxylic acids is 1. The Morgan fingerprint density at radius 1 is 1.10 bits per heavy atom. The molecule has 0 aromatic rings.